The lowest BCUT2D eigenvalue weighted by atomic mass is 9.96. The van der Waals surface area contributed by atoms with Gasteiger partial charge in [-0.15, -0.1) is 0 Å². The number of carbonyl (C=O) groups is 1. The Hall–Kier alpha value is -0.570. The number of ether oxygens (including phenoxy) is 1. The smallest absolute Gasteiger partial charge is 0.302 e. The van der Waals surface area contributed by atoms with Gasteiger partial charge in [-0.25, -0.2) is 0 Å². The molecule has 1 N–H and O–H groups in total. The Morgan fingerprint density at radius 2 is 1.85 bits per heavy atom. The average molecular weight is 186 g/mol. The Balaban J connectivity index is 2.41. The van der Waals surface area contributed by atoms with Crippen LogP contribution in [-0.4, -0.2) is 23.3 Å². The van der Waals surface area contributed by atoms with Gasteiger partial charge >= 0.3 is 5.97 Å². The highest BCUT2D eigenvalue weighted by Gasteiger charge is 2.22. The summed E-state index contributed by atoms with van der Waals surface area (Å²) >= 11 is 0. The fourth-order valence-electron chi connectivity index (χ4n) is 1.78. The van der Waals surface area contributed by atoms with Gasteiger partial charge in [0.25, 0.3) is 0 Å². The lowest BCUT2D eigenvalue weighted by Gasteiger charge is -2.24. The van der Waals surface area contributed by atoms with Crippen LogP contribution < -0.4 is 0 Å². The number of esters is 1. The van der Waals surface area contributed by atoms with Crippen LogP contribution in [0.2, 0.25) is 0 Å². The SMILES string of the molecule is CC(=O)O[C@H]1CCCCCC[C@@H]1O. The van der Waals surface area contributed by atoms with E-state index in [9.17, 15) is 9.90 Å². The van der Waals surface area contributed by atoms with Crippen molar-refractivity contribution >= 4 is 5.97 Å². The third kappa shape index (κ3) is 3.77. The van der Waals surface area contributed by atoms with Crippen molar-refractivity contribution in [2.75, 3.05) is 0 Å². The number of hydrogen-bond acceptors (Lipinski definition) is 3. The normalized spacial score (nSPS) is 30.3. The molecule has 1 aliphatic rings. The standard InChI is InChI=1S/C10H18O3/c1-8(11)13-10-7-5-3-2-4-6-9(10)12/h9-10,12H,2-7H2,1H3/t9-,10-/m0/s1. The predicted molar refractivity (Wildman–Crippen MR) is 49.3 cm³/mol. The second-order valence-corrected chi connectivity index (χ2v) is 3.71. The number of hydrogen-bond donors (Lipinski definition) is 1. The van der Waals surface area contributed by atoms with Gasteiger partial charge in [0, 0.05) is 6.92 Å². The van der Waals surface area contributed by atoms with E-state index in [2.05, 4.69) is 0 Å². The molecule has 13 heavy (non-hydrogen) atoms. The lowest BCUT2D eigenvalue weighted by molar-refractivity contribution is -0.153. The molecule has 3 heteroatoms. The molecular formula is C10H18O3. The topological polar surface area (TPSA) is 46.5 Å². The maximum absolute atomic E-state index is 10.7. The Bertz CT molecular complexity index is 168. The van der Waals surface area contributed by atoms with E-state index in [0.717, 1.165) is 25.7 Å². The molecule has 0 aromatic rings. The number of rotatable bonds is 1. The van der Waals surface area contributed by atoms with E-state index in [-0.39, 0.29) is 12.1 Å². The van der Waals surface area contributed by atoms with E-state index in [1.807, 2.05) is 0 Å². The molecule has 1 saturated carbocycles. The molecule has 0 spiro atoms. The summed E-state index contributed by atoms with van der Waals surface area (Å²) in [5.74, 6) is -0.287. The van der Waals surface area contributed by atoms with Crippen LogP contribution in [0.3, 0.4) is 0 Å². The summed E-state index contributed by atoms with van der Waals surface area (Å²) in [5.41, 5.74) is 0. The molecule has 1 rings (SSSR count). The molecule has 1 fully saturated rings. The van der Waals surface area contributed by atoms with E-state index < -0.39 is 6.10 Å². The zero-order chi connectivity index (χ0) is 9.68. The summed E-state index contributed by atoms with van der Waals surface area (Å²) in [6.07, 6.45) is 5.31. The van der Waals surface area contributed by atoms with Crippen LogP contribution in [0.1, 0.15) is 45.4 Å². The van der Waals surface area contributed by atoms with Crippen molar-refractivity contribution in [2.45, 2.75) is 57.7 Å². The molecule has 0 aromatic carbocycles. The Morgan fingerprint density at radius 1 is 1.23 bits per heavy atom. The van der Waals surface area contributed by atoms with Crippen LogP contribution in [0.15, 0.2) is 0 Å². The number of carbonyl (C=O) groups excluding carboxylic acids is 1. The highest BCUT2D eigenvalue weighted by Crippen LogP contribution is 2.20. The summed E-state index contributed by atoms with van der Waals surface area (Å²) in [5, 5.41) is 9.65. The molecule has 0 radical (unpaired) electrons. The summed E-state index contributed by atoms with van der Waals surface area (Å²) in [4.78, 5) is 10.7. The number of aliphatic hydroxyl groups is 1. The fraction of sp³-hybridized carbons (Fsp3) is 0.900. The van der Waals surface area contributed by atoms with Crippen molar-refractivity contribution in [3.05, 3.63) is 0 Å². The van der Waals surface area contributed by atoms with Crippen LogP contribution in [-0.2, 0) is 9.53 Å². The van der Waals surface area contributed by atoms with Crippen LogP contribution >= 0.6 is 0 Å². The summed E-state index contributed by atoms with van der Waals surface area (Å²) in [6, 6.07) is 0. The van der Waals surface area contributed by atoms with Gasteiger partial charge in [-0.05, 0) is 19.3 Å². The van der Waals surface area contributed by atoms with Gasteiger partial charge in [0.15, 0.2) is 0 Å². The van der Waals surface area contributed by atoms with E-state index in [1.165, 1.54) is 19.8 Å². The van der Waals surface area contributed by atoms with E-state index >= 15 is 0 Å². The quantitative estimate of drug-likeness (QED) is 0.633. The Labute approximate surface area is 79.1 Å². The number of aliphatic hydroxyl groups excluding tert-OH is 1. The first-order chi connectivity index (χ1) is 6.20. The van der Waals surface area contributed by atoms with Crippen LogP contribution in [0.4, 0.5) is 0 Å². The molecule has 1 aliphatic carbocycles. The molecule has 0 aromatic heterocycles. The van der Waals surface area contributed by atoms with Gasteiger partial charge in [-0.2, -0.15) is 0 Å². The van der Waals surface area contributed by atoms with Gasteiger partial charge in [-0.3, -0.25) is 4.79 Å². The van der Waals surface area contributed by atoms with Crippen molar-refractivity contribution in [1.29, 1.82) is 0 Å². The van der Waals surface area contributed by atoms with Crippen LogP contribution in [0, 0.1) is 0 Å². The van der Waals surface area contributed by atoms with Crippen molar-refractivity contribution in [3.8, 4) is 0 Å². The van der Waals surface area contributed by atoms with Crippen molar-refractivity contribution in [2.24, 2.45) is 0 Å². The first-order valence-corrected chi connectivity index (χ1v) is 5.05. The van der Waals surface area contributed by atoms with Gasteiger partial charge < -0.3 is 9.84 Å². The third-order valence-corrected chi connectivity index (χ3v) is 2.49. The van der Waals surface area contributed by atoms with Gasteiger partial charge in [0.1, 0.15) is 6.10 Å². The van der Waals surface area contributed by atoms with Gasteiger partial charge in [-0.1, -0.05) is 19.3 Å². The van der Waals surface area contributed by atoms with Crippen molar-refractivity contribution in [3.63, 3.8) is 0 Å². The first kappa shape index (κ1) is 10.5. The second kappa shape index (κ2) is 5.22. The molecule has 0 amide bonds. The molecule has 0 aliphatic heterocycles. The molecule has 76 valence electrons. The molecule has 0 heterocycles. The predicted octanol–water partition coefficient (Wildman–Crippen LogP) is 1.63. The van der Waals surface area contributed by atoms with Crippen molar-refractivity contribution < 1.29 is 14.6 Å². The summed E-state index contributed by atoms with van der Waals surface area (Å²) in [6.45, 7) is 1.39. The molecule has 2 atom stereocenters. The summed E-state index contributed by atoms with van der Waals surface area (Å²) in [7, 11) is 0. The van der Waals surface area contributed by atoms with E-state index in [1.54, 1.807) is 0 Å². The maximum Gasteiger partial charge on any atom is 0.302 e. The van der Waals surface area contributed by atoms with Gasteiger partial charge in [0.05, 0.1) is 6.10 Å². The zero-order valence-electron chi connectivity index (χ0n) is 8.16. The first-order valence-electron chi connectivity index (χ1n) is 5.05. The minimum absolute atomic E-state index is 0.266. The van der Waals surface area contributed by atoms with Crippen molar-refractivity contribution in [1.82, 2.24) is 0 Å². The van der Waals surface area contributed by atoms with Crippen LogP contribution in [0.5, 0.6) is 0 Å². The molecule has 0 bridgehead atoms. The van der Waals surface area contributed by atoms with E-state index in [0.29, 0.717) is 0 Å². The minimum Gasteiger partial charge on any atom is -0.460 e. The molecular weight excluding hydrogens is 168 g/mol. The fourth-order valence-corrected chi connectivity index (χ4v) is 1.78. The maximum atomic E-state index is 10.7. The third-order valence-electron chi connectivity index (χ3n) is 2.49. The van der Waals surface area contributed by atoms with E-state index in [4.69, 9.17) is 4.74 Å². The average Bonchev–Trinajstić information content (AvgIpc) is 2.04. The molecule has 0 saturated heterocycles. The Kier molecular flexibility index (Phi) is 4.22. The second-order valence-electron chi connectivity index (χ2n) is 3.71. The zero-order valence-corrected chi connectivity index (χ0v) is 8.16. The monoisotopic (exact) mass is 186 g/mol. The molecule has 3 nitrogen and oxygen atoms in total. The highest BCUT2D eigenvalue weighted by atomic mass is 16.6. The van der Waals surface area contributed by atoms with Crippen LogP contribution in [0.25, 0.3) is 0 Å². The Morgan fingerprint density at radius 3 is 2.46 bits per heavy atom. The highest BCUT2D eigenvalue weighted by molar-refractivity contribution is 5.66. The molecule has 0 unspecified atom stereocenters. The summed E-state index contributed by atoms with van der Waals surface area (Å²) < 4.78 is 5.05. The minimum atomic E-state index is -0.454. The van der Waals surface area contributed by atoms with Gasteiger partial charge in [0.2, 0.25) is 0 Å². The largest absolute Gasteiger partial charge is 0.460 e. The lowest BCUT2D eigenvalue weighted by Crippen LogP contribution is -2.31.